The molecule has 0 aromatic heterocycles. The molecule has 10 nitrogen and oxygen atoms in total. The average molecular weight is 445 g/mol. The van der Waals surface area contributed by atoms with E-state index in [1.165, 1.54) is 37.3 Å². The normalized spacial score (nSPS) is 11.2. The van der Waals surface area contributed by atoms with E-state index >= 15 is 0 Å². The highest BCUT2D eigenvalue weighted by Crippen LogP contribution is 2.30. The molecule has 1 N–H and O–H groups in total. The van der Waals surface area contributed by atoms with E-state index in [2.05, 4.69) is 5.32 Å². The van der Waals surface area contributed by atoms with Crippen LogP contribution in [0.4, 0.5) is 5.69 Å². The Hall–Kier alpha value is -3.82. The van der Waals surface area contributed by atoms with E-state index in [1.807, 2.05) is 13.0 Å². The summed E-state index contributed by atoms with van der Waals surface area (Å²) >= 11 is 0. The van der Waals surface area contributed by atoms with Crippen molar-refractivity contribution in [3.05, 3.63) is 58.1 Å². The number of rotatable bonds is 11. The number of methoxy groups -OCH3 is 2. The van der Waals surface area contributed by atoms with Crippen molar-refractivity contribution in [3.63, 3.8) is 0 Å². The standard InChI is InChI=1S/C22H27N3O7/c1-5-18(22(27)23-2)24(13-15-7-6-8-16(11-15)30-3)21(26)14-32-17-9-10-19(25(28)29)20(12-17)31-4/h6-12,18H,5,13-14H2,1-4H3,(H,23,27)/t18-/m1/s1. The zero-order valence-electron chi connectivity index (χ0n) is 18.5. The Balaban J connectivity index is 2.23. The van der Waals surface area contributed by atoms with Gasteiger partial charge in [-0.15, -0.1) is 0 Å². The van der Waals surface area contributed by atoms with E-state index in [-0.39, 0.29) is 36.2 Å². The summed E-state index contributed by atoms with van der Waals surface area (Å²) in [6, 6.07) is 10.5. The molecule has 0 unspecified atom stereocenters. The lowest BCUT2D eigenvalue weighted by Gasteiger charge is -2.30. The summed E-state index contributed by atoms with van der Waals surface area (Å²) in [5.41, 5.74) is 0.577. The highest BCUT2D eigenvalue weighted by molar-refractivity contribution is 5.88. The topological polar surface area (TPSA) is 120 Å². The Morgan fingerprint density at radius 3 is 2.47 bits per heavy atom. The van der Waals surface area contributed by atoms with Gasteiger partial charge in [0.1, 0.15) is 17.5 Å². The van der Waals surface area contributed by atoms with E-state index in [9.17, 15) is 19.7 Å². The molecular weight excluding hydrogens is 418 g/mol. The zero-order valence-corrected chi connectivity index (χ0v) is 18.5. The van der Waals surface area contributed by atoms with Crippen molar-refractivity contribution in [2.24, 2.45) is 0 Å². The molecule has 32 heavy (non-hydrogen) atoms. The zero-order chi connectivity index (χ0) is 23.7. The lowest BCUT2D eigenvalue weighted by molar-refractivity contribution is -0.385. The fourth-order valence-corrected chi connectivity index (χ4v) is 3.18. The highest BCUT2D eigenvalue weighted by atomic mass is 16.6. The molecule has 2 amide bonds. The third-order valence-corrected chi connectivity index (χ3v) is 4.83. The first-order chi connectivity index (χ1) is 15.3. The minimum atomic E-state index is -0.700. The number of hydrogen-bond acceptors (Lipinski definition) is 7. The molecule has 0 aliphatic rings. The maximum absolute atomic E-state index is 13.1. The molecular formula is C22H27N3O7. The minimum Gasteiger partial charge on any atom is -0.497 e. The van der Waals surface area contributed by atoms with Crippen molar-refractivity contribution >= 4 is 17.5 Å². The summed E-state index contributed by atoms with van der Waals surface area (Å²) in [4.78, 5) is 37.4. The molecule has 0 saturated carbocycles. The Kier molecular flexibility index (Phi) is 8.82. The minimum absolute atomic E-state index is 0.0185. The molecule has 2 aromatic rings. The lowest BCUT2D eigenvalue weighted by Crippen LogP contribution is -2.49. The largest absolute Gasteiger partial charge is 0.497 e. The fourth-order valence-electron chi connectivity index (χ4n) is 3.18. The van der Waals surface area contributed by atoms with E-state index in [0.717, 1.165) is 5.56 Å². The molecule has 0 bridgehead atoms. The van der Waals surface area contributed by atoms with Crippen LogP contribution in [0.2, 0.25) is 0 Å². The van der Waals surface area contributed by atoms with Crippen LogP contribution in [0.25, 0.3) is 0 Å². The molecule has 0 aliphatic carbocycles. The Morgan fingerprint density at radius 2 is 1.88 bits per heavy atom. The number of carbonyl (C=O) groups is 2. The van der Waals surface area contributed by atoms with Gasteiger partial charge in [-0.3, -0.25) is 19.7 Å². The van der Waals surface area contributed by atoms with Crippen LogP contribution in [-0.2, 0) is 16.1 Å². The van der Waals surface area contributed by atoms with Gasteiger partial charge in [-0.1, -0.05) is 19.1 Å². The fraction of sp³-hybridized carbons (Fsp3) is 0.364. The van der Waals surface area contributed by atoms with Crippen molar-refractivity contribution in [2.75, 3.05) is 27.9 Å². The van der Waals surface area contributed by atoms with Gasteiger partial charge >= 0.3 is 5.69 Å². The molecule has 0 radical (unpaired) electrons. The second-order valence-corrected chi connectivity index (χ2v) is 6.79. The number of nitrogens with zero attached hydrogens (tertiary/aromatic N) is 2. The van der Waals surface area contributed by atoms with Gasteiger partial charge in [0.2, 0.25) is 11.7 Å². The summed E-state index contributed by atoms with van der Waals surface area (Å²) in [6.07, 6.45) is 0.404. The smallest absolute Gasteiger partial charge is 0.311 e. The van der Waals surface area contributed by atoms with E-state index in [4.69, 9.17) is 14.2 Å². The van der Waals surface area contributed by atoms with Crippen LogP contribution in [0.1, 0.15) is 18.9 Å². The van der Waals surface area contributed by atoms with Crippen molar-refractivity contribution < 1.29 is 28.7 Å². The molecule has 172 valence electrons. The molecule has 10 heteroatoms. The second kappa shape index (κ2) is 11.5. The summed E-state index contributed by atoms with van der Waals surface area (Å²) < 4.78 is 15.8. The third-order valence-electron chi connectivity index (χ3n) is 4.83. The highest BCUT2D eigenvalue weighted by Gasteiger charge is 2.28. The summed E-state index contributed by atoms with van der Waals surface area (Å²) in [5.74, 6) is 0.179. The van der Waals surface area contributed by atoms with Crippen LogP contribution in [0, 0.1) is 10.1 Å². The first kappa shape index (κ1) is 24.4. The van der Waals surface area contributed by atoms with Crippen LogP contribution in [0.5, 0.6) is 17.2 Å². The van der Waals surface area contributed by atoms with Crippen LogP contribution < -0.4 is 19.5 Å². The Bertz CT molecular complexity index is 964. The lowest BCUT2D eigenvalue weighted by atomic mass is 10.1. The quantitative estimate of drug-likeness (QED) is 0.417. The second-order valence-electron chi connectivity index (χ2n) is 6.79. The van der Waals surface area contributed by atoms with E-state index in [1.54, 1.807) is 25.3 Å². The van der Waals surface area contributed by atoms with Crippen LogP contribution in [0.15, 0.2) is 42.5 Å². The summed E-state index contributed by atoms with van der Waals surface area (Å²) in [7, 11) is 4.37. The van der Waals surface area contributed by atoms with Crippen molar-refractivity contribution in [1.82, 2.24) is 10.2 Å². The monoisotopic (exact) mass is 445 g/mol. The van der Waals surface area contributed by atoms with Crippen molar-refractivity contribution in [1.29, 1.82) is 0 Å². The SMILES string of the molecule is CC[C@H](C(=O)NC)N(Cc1cccc(OC)c1)C(=O)COc1ccc([N+](=O)[O-])c(OC)c1. The van der Waals surface area contributed by atoms with Gasteiger partial charge in [0, 0.05) is 25.7 Å². The number of ether oxygens (including phenoxy) is 3. The summed E-state index contributed by atoms with van der Waals surface area (Å²) in [5, 5.41) is 13.6. The average Bonchev–Trinajstić information content (AvgIpc) is 2.81. The molecule has 2 rings (SSSR count). The van der Waals surface area contributed by atoms with Gasteiger partial charge in [0.25, 0.3) is 5.91 Å². The molecule has 0 spiro atoms. The first-order valence-corrected chi connectivity index (χ1v) is 9.93. The third kappa shape index (κ3) is 6.10. The molecule has 0 aliphatic heterocycles. The van der Waals surface area contributed by atoms with Gasteiger partial charge in [0.15, 0.2) is 6.61 Å². The van der Waals surface area contributed by atoms with Crippen molar-refractivity contribution in [3.8, 4) is 17.2 Å². The number of nitro groups is 1. The molecule has 0 heterocycles. The number of amides is 2. The number of benzene rings is 2. The predicted molar refractivity (Wildman–Crippen MR) is 117 cm³/mol. The molecule has 0 saturated heterocycles. The van der Waals surface area contributed by atoms with E-state index in [0.29, 0.717) is 12.2 Å². The number of likely N-dealkylation sites (N-methyl/N-ethyl adjacent to an activating group) is 1. The summed E-state index contributed by atoms with van der Waals surface area (Å²) in [6.45, 7) is 1.63. The molecule has 2 aromatic carbocycles. The first-order valence-electron chi connectivity index (χ1n) is 9.93. The predicted octanol–water partition coefficient (Wildman–Crippen LogP) is 2.54. The maximum atomic E-state index is 13.1. The van der Waals surface area contributed by atoms with Crippen molar-refractivity contribution in [2.45, 2.75) is 25.9 Å². The van der Waals surface area contributed by atoms with Crippen LogP contribution >= 0.6 is 0 Å². The number of nitro benzene ring substituents is 1. The number of carbonyl (C=O) groups excluding carboxylic acids is 2. The van der Waals surface area contributed by atoms with Gasteiger partial charge in [-0.05, 0) is 30.2 Å². The van der Waals surface area contributed by atoms with Crippen LogP contribution in [0.3, 0.4) is 0 Å². The Morgan fingerprint density at radius 1 is 1.12 bits per heavy atom. The van der Waals surface area contributed by atoms with E-state index < -0.39 is 16.9 Å². The number of nitrogens with one attached hydrogen (secondary N) is 1. The Labute approximate surface area is 186 Å². The van der Waals surface area contributed by atoms with Gasteiger partial charge < -0.3 is 24.4 Å². The number of hydrogen-bond donors (Lipinski definition) is 1. The molecule has 0 fully saturated rings. The van der Waals surface area contributed by atoms with Gasteiger partial charge in [-0.2, -0.15) is 0 Å². The molecule has 1 atom stereocenters. The van der Waals surface area contributed by atoms with Gasteiger partial charge in [0.05, 0.1) is 19.1 Å². The van der Waals surface area contributed by atoms with Gasteiger partial charge in [-0.25, -0.2) is 0 Å². The van der Waals surface area contributed by atoms with Crippen LogP contribution in [-0.4, -0.2) is 55.6 Å². The maximum Gasteiger partial charge on any atom is 0.311 e.